The fraction of sp³-hybridized carbons (Fsp3) is 0.0714. The van der Waals surface area contributed by atoms with Crippen LogP contribution in [-0.4, -0.2) is 11.3 Å². The van der Waals surface area contributed by atoms with Gasteiger partial charge in [-0.3, -0.25) is 0 Å². The minimum absolute atomic E-state index is 0.0915. The van der Waals surface area contributed by atoms with E-state index in [4.69, 9.17) is 5.90 Å². The molecule has 0 unspecified atom stereocenters. The van der Waals surface area contributed by atoms with Crippen LogP contribution in [0.1, 0.15) is 0 Å². The van der Waals surface area contributed by atoms with Crippen molar-refractivity contribution in [1.82, 2.24) is 4.98 Å². The maximum absolute atomic E-state index is 13.3. The minimum atomic E-state index is -4.80. The number of ether oxygens (including phenoxy) is 1. The third-order valence-corrected chi connectivity index (χ3v) is 3.04. The zero-order chi connectivity index (χ0) is 15.9. The summed E-state index contributed by atoms with van der Waals surface area (Å²) in [7, 11) is 0. The van der Waals surface area contributed by atoms with E-state index < -0.39 is 17.9 Å². The van der Waals surface area contributed by atoms with Gasteiger partial charge < -0.3 is 9.57 Å². The molecule has 0 fully saturated rings. The molecule has 0 aliphatic heterocycles. The van der Waals surface area contributed by atoms with Crippen molar-refractivity contribution in [3.8, 4) is 11.6 Å². The Labute approximate surface area is 121 Å². The molecule has 1 heterocycles. The summed E-state index contributed by atoms with van der Waals surface area (Å²) < 4.78 is 53.9. The van der Waals surface area contributed by atoms with Crippen molar-refractivity contribution in [2.45, 2.75) is 6.36 Å². The number of nitrogens with two attached hydrogens (primary N) is 1. The Balaban J connectivity index is 2.26. The lowest BCUT2D eigenvalue weighted by molar-refractivity contribution is -0.274. The first kappa shape index (κ1) is 14.3. The van der Waals surface area contributed by atoms with Gasteiger partial charge in [0, 0.05) is 16.8 Å². The number of aromatic nitrogens is 1. The van der Waals surface area contributed by atoms with Gasteiger partial charge in [0.2, 0.25) is 5.88 Å². The van der Waals surface area contributed by atoms with E-state index >= 15 is 0 Å². The molecule has 0 saturated heterocycles. The van der Waals surface area contributed by atoms with E-state index in [2.05, 4.69) is 14.6 Å². The molecule has 3 rings (SSSR count). The van der Waals surface area contributed by atoms with E-state index in [-0.39, 0.29) is 11.4 Å². The normalized spacial score (nSPS) is 11.9. The Hall–Kier alpha value is -2.61. The maximum atomic E-state index is 13.3. The lowest BCUT2D eigenvalue weighted by Gasteiger charge is -2.11. The summed E-state index contributed by atoms with van der Waals surface area (Å²) in [6.45, 7) is 0. The Morgan fingerprint density at radius 1 is 0.955 bits per heavy atom. The van der Waals surface area contributed by atoms with Crippen LogP contribution >= 0.6 is 0 Å². The Kier molecular flexibility index (Phi) is 3.25. The molecule has 3 aromatic rings. The van der Waals surface area contributed by atoms with Crippen LogP contribution in [0.15, 0.2) is 36.4 Å². The third-order valence-electron chi connectivity index (χ3n) is 3.04. The molecule has 114 valence electrons. The predicted octanol–water partition coefficient (Wildman–Crippen LogP) is 3.68. The van der Waals surface area contributed by atoms with Crippen LogP contribution in [0.5, 0.6) is 11.6 Å². The van der Waals surface area contributed by atoms with Gasteiger partial charge in [-0.25, -0.2) is 9.37 Å². The summed E-state index contributed by atoms with van der Waals surface area (Å²) in [5.74, 6) is 4.08. The average Bonchev–Trinajstić information content (AvgIpc) is 2.44. The number of pyridine rings is 1. The van der Waals surface area contributed by atoms with Crippen molar-refractivity contribution in [1.29, 1.82) is 0 Å². The molecular formula is C14H8F4N2O2. The second kappa shape index (κ2) is 4.99. The zero-order valence-electron chi connectivity index (χ0n) is 10.8. The van der Waals surface area contributed by atoms with Crippen molar-refractivity contribution < 1.29 is 27.1 Å². The fourth-order valence-corrected chi connectivity index (χ4v) is 2.22. The first-order valence-electron chi connectivity index (χ1n) is 6.03. The van der Waals surface area contributed by atoms with Crippen molar-refractivity contribution in [2.24, 2.45) is 5.90 Å². The van der Waals surface area contributed by atoms with Crippen LogP contribution in [-0.2, 0) is 0 Å². The van der Waals surface area contributed by atoms with E-state index in [9.17, 15) is 17.6 Å². The fourth-order valence-electron chi connectivity index (χ4n) is 2.22. The lowest BCUT2D eigenvalue weighted by atomic mass is 10.1. The van der Waals surface area contributed by atoms with Crippen LogP contribution in [0.2, 0.25) is 0 Å². The molecule has 22 heavy (non-hydrogen) atoms. The van der Waals surface area contributed by atoms with Gasteiger partial charge in [-0.2, -0.15) is 5.90 Å². The van der Waals surface area contributed by atoms with Gasteiger partial charge in [0.05, 0.1) is 5.52 Å². The van der Waals surface area contributed by atoms with Crippen molar-refractivity contribution in [3.63, 3.8) is 0 Å². The second-order valence-electron chi connectivity index (χ2n) is 4.45. The molecule has 1 aromatic heterocycles. The van der Waals surface area contributed by atoms with Gasteiger partial charge in [0.1, 0.15) is 11.6 Å². The first-order valence-corrected chi connectivity index (χ1v) is 6.03. The lowest BCUT2D eigenvalue weighted by Crippen LogP contribution is -2.17. The predicted molar refractivity (Wildman–Crippen MR) is 70.7 cm³/mol. The highest BCUT2D eigenvalue weighted by atomic mass is 19.4. The molecule has 8 heteroatoms. The van der Waals surface area contributed by atoms with Gasteiger partial charge in [-0.1, -0.05) is 6.07 Å². The van der Waals surface area contributed by atoms with E-state index in [0.717, 1.165) is 12.1 Å². The minimum Gasteiger partial charge on any atom is -0.406 e. The van der Waals surface area contributed by atoms with Gasteiger partial charge in [-0.05, 0) is 29.7 Å². The molecule has 0 bridgehead atoms. The van der Waals surface area contributed by atoms with Gasteiger partial charge in [-0.15, -0.1) is 13.2 Å². The first-order chi connectivity index (χ1) is 10.4. The number of benzene rings is 2. The summed E-state index contributed by atoms with van der Waals surface area (Å²) in [5, 5.41) is 1.38. The number of hydrogen-bond donors (Lipinski definition) is 1. The van der Waals surface area contributed by atoms with Gasteiger partial charge in [0.25, 0.3) is 0 Å². The molecule has 0 aliphatic carbocycles. The average molecular weight is 312 g/mol. The molecule has 0 radical (unpaired) electrons. The molecule has 2 N–H and O–H groups in total. The molecule has 0 saturated carbocycles. The van der Waals surface area contributed by atoms with E-state index in [1.54, 1.807) is 0 Å². The smallest absolute Gasteiger partial charge is 0.406 e. The summed E-state index contributed by atoms with van der Waals surface area (Å²) >= 11 is 0. The van der Waals surface area contributed by atoms with Gasteiger partial charge >= 0.3 is 6.36 Å². The van der Waals surface area contributed by atoms with Crippen molar-refractivity contribution in [3.05, 3.63) is 42.2 Å². The number of rotatable bonds is 2. The standard InChI is InChI=1S/C14H8F4N2O2/c15-7-1-3-9-10-4-2-8(21-14(16,17)18)6-12(10)20-13(22-19)11(9)5-7/h1-6H,19H2. The number of halogens is 4. The van der Waals surface area contributed by atoms with E-state index in [1.165, 1.54) is 24.3 Å². The molecular weight excluding hydrogens is 304 g/mol. The highest BCUT2D eigenvalue weighted by Crippen LogP contribution is 2.33. The molecule has 4 nitrogen and oxygen atoms in total. The SMILES string of the molecule is NOc1nc2cc(OC(F)(F)F)ccc2c2ccc(F)cc12. The highest BCUT2D eigenvalue weighted by molar-refractivity contribution is 6.08. The maximum Gasteiger partial charge on any atom is 0.573 e. The Bertz CT molecular complexity index is 865. The van der Waals surface area contributed by atoms with E-state index in [1.807, 2.05) is 0 Å². The topological polar surface area (TPSA) is 57.4 Å². The summed E-state index contributed by atoms with van der Waals surface area (Å²) in [6.07, 6.45) is -4.80. The molecule has 0 amide bonds. The van der Waals surface area contributed by atoms with Crippen LogP contribution in [0.25, 0.3) is 21.7 Å². The van der Waals surface area contributed by atoms with Crippen LogP contribution < -0.4 is 15.5 Å². The van der Waals surface area contributed by atoms with Crippen LogP contribution in [0.3, 0.4) is 0 Å². The number of nitrogens with zero attached hydrogens (tertiary/aromatic N) is 1. The quantitative estimate of drug-likeness (QED) is 0.445. The van der Waals surface area contributed by atoms with E-state index in [0.29, 0.717) is 16.2 Å². The zero-order valence-corrected chi connectivity index (χ0v) is 10.8. The monoisotopic (exact) mass is 312 g/mol. The Morgan fingerprint density at radius 3 is 2.36 bits per heavy atom. The number of fused-ring (bicyclic) bond motifs is 3. The van der Waals surface area contributed by atoms with Gasteiger partial charge in [0.15, 0.2) is 0 Å². The second-order valence-corrected chi connectivity index (χ2v) is 4.45. The summed E-state index contributed by atoms with van der Waals surface area (Å²) in [6, 6.07) is 7.55. The molecule has 0 spiro atoms. The summed E-state index contributed by atoms with van der Waals surface area (Å²) in [5.41, 5.74) is 0.182. The highest BCUT2D eigenvalue weighted by Gasteiger charge is 2.31. The number of alkyl halides is 3. The Morgan fingerprint density at radius 2 is 1.68 bits per heavy atom. The summed E-state index contributed by atoms with van der Waals surface area (Å²) in [4.78, 5) is 8.58. The molecule has 0 atom stereocenters. The van der Waals surface area contributed by atoms with Crippen molar-refractivity contribution >= 4 is 21.7 Å². The van der Waals surface area contributed by atoms with Crippen molar-refractivity contribution in [2.75, 3.05) is 0 Å². The largest absolute Gasteiger partial charge is 0.573 e. The van der Waals surface area contributed by atoms with Crippen LogP contribution in [0, 0.1) is 5.82 Å². The number of hydrogen-bond acceptors (Lipinski definition) is 4. The van der Waals surface area contributed by atoms with Crippen LogP contribution in [0.4, 0.5) is 17.6 Å². The molecule has 0 aliphatic rings. The molecule has 2 aromatic carbocycles. The third kappa shape index (κ3) is 2.60.